The molecule has 0 saturated heterocycles. The first-order valence-electron chi connectivity index (χ1n) is 8.83. The average molecular weight is 444 g/mol. The van der Waals surface area contributed by atoms with Gasteiger partial charge < -0.3 is 9.47 Å². The first-order valence-corrected chi connectivity index (χ1v) is 11.1. The van der Waals surface area contributed by atoms with E-state index in [0.717, 1.165) is 16.2 Å². The van der Waals surface area contributed by atoms with Crippen LogP contribution in [0.2, 0.25) is 5.02 Å². The summed E-state index contributed by atoms with van der Waals surface area (Å²) in [5, 5.41) is 11.9. The number of hydrogen-bond acceptors (Lipinski definition) is 7. The number of hydrogen-bond donors (Lipinski definition) is 0. The molecule has 3 heterocycles. The summed E-state index contributed by atoms with van der Waals surface area (Å²) in [5.74, 6) is 1.52. The summed E-state index contributed by atoms with van der Waals surface area (Å²) >= 11 is 8.87. The van der Waals surface area contributed by atoms with Crippen LogP contribution in [0.3, 0.4) is 0 Å². The van der Waals surface area contributed by atoms with Crippen LogP contribution in [-0.4, -0.2) is 39.3 Å². The monoisotopic (exact) mass is 443 g/mol. The smallest absolute Gasteiger partial charge is 0.217 e. The summed E-state index contributed by atoms with van der Waals surface area (Å²) in [5.41, 5.74) is 2.58. The highest BCUT2D eigenvalue weighted by atomic mass is 35.5. The van der Waals surface area contributed by atoms with Crippen LogP contribution in [0.5, 0.6) is 11.5 Å². The van der Waals surface area contributed by atoms with Crippen molar-refractivity contribution in [3.8, 4) is 22.8 Å². The van der Waals surface area contributed by atoms with E-state index in [1.54, 1.807) is 18.2 Å². The van der Waals surface area contributed by atoms with Gasteiger partial charge in [0.15, 0.2) is 22.4 Å². The maximum absolute atomic E-state index is 12.7. The highest BCUT2D eigenvalue weighted by Crippen LogP contribution is 2.33. The number of Topliss-reactive ketones (excluding diaryl/α,β-unsaturated/α-hetero) is 1. The van der Waals surface area contributed by atoms with Gasteiger partial charge in [-0.2, -0.15) is 0 Å². The number of benzene rings is 2. The Morgan fingerprint density at radius 3 is 2.72 bits per heavy atom. The number of ether oxygens (including phenoxy) is 2. The molecule has 1 aliphatic rings. The number of nitrogens with zero attached hydrogens (tertiary/aromatic N) is 3. The fourth-order valence-electron chi connectivity index (χ4n) is 3.04. The predicted molar refractivity (Wildman–Crippen MR) is 114 cm³/mol. The van der Waals surface area contributed by atoms with Gasteiger partial charge in [0.2, 0.25) is 4.96 Å². The maximum Gasteiger partial charge on any atom is 0.217 e. The van der Waals surface area contributed by atoms with Gasteiger partial charge in [-0.25, -0.2) is 0 Å². The molecule has 0 aliphatic carbocycles. The van der Waals surface area contributed by atoms with Gasteiger partial charge in [0.25, 0.3) is 0 Å². The topological polar surface area (TPSA) is 65.7 Å². The molecule has 0 bridgehead atoms. The van der Waals surface area contributed by atoms with Gasteiger partial charge >= 0.3 is 0 Å². The van der Waals surface area contributed by atoms with E-state index in [0.29, 0.717) is 40.5 Å². The van der Waals surface area contributed by atoms with Crippen molar-refractivity contribution in [1.82, 2.24) is 14.6 Å². The number of halogens is 1. The van der Waals surface area contributed by atoms with Crippen LogP contribution in [0, 0.1) is 0 Å². The molecule has 5 rings (SSSR count). The summed E-state index contributed by atoms with van der Waals surface area (Å²) in [6, 6.07) is 12.9. The molecule has 146 valence electrons. The third kappa shape index (κ3) is 3.59. The van der Waals surface area contributed by atoms with Gasteiger partial charge in [-0.3, -0.25) is 9.20 Å². The van der Waals surface area contributed by atoms with Crippen molar-refractivity contribution in [3.63, 3.8) is 0 Å². The number of aromatic nitrogens is 3. The quantitative estimate of drug-likeness (QED) is 0.324. The highest BCUT2D eigenvalue weighted by molar-refractivity contribution is 7.99. The fourth-order valence-corrected chi connectivity index (χ4v) is 4.90. The molecule has 0 radical (unpaired) electrons. The molecule has 0 fully saturated rings. The summed E-state index contributed by atoms with van der Waals surface area (Å²) in [6.45, 7) is 1.01. The third-order valence-electron chi connectivity index (χ3n) is 4.46. The van der Waals surface area contributed by atoms with Gasteiger partial charge in [-0.1, -0.05) is 35.5 Å². The summed E-state index contributed by atoms with van der Waals surface area (Å²) in [7, 11) is 0. The predicted octanol–water partition coefficient (Wildman–Crippen LogP) is 4.86. The Labute approximate surface area is 179 Å². The molecule has 0 spiro atoms. The largest absolute Gasteiger partial charge is 0.486 e. The lowest BCUT2D eigenvalue weighted by Crippen LogP contribution is -2.16. The van der Waals surface area contributed by atoms with E-state index < -0.39 is 0 Å². The van der Waals surface area contributed by atoms with Crippen LogP contribution in [-0.2, 0) is 0 Å². The highest BCUT2D eigenvalue weighted by Gasteiger charge is 2.18. The molecular formula is C20H14ClN3O3S2. The van der Waals surface area contributed by atoms with E-state index >= 15 is 0 Å². The summed E-state index contributed by atoms with van der Waals surface area (Å²) < 4.78 is 13.0. The van der Waals surface area contributed by atoms with Gasteiger partial charge in [0.1, 0.15) is 13.2 Å². The number of ketones is 1. The SMILES string of the molecule is O=C(CSc1nnc2scc(-c3ccc(Cl)cc3)n12)c1ccc2c(c1)OCCO2. The number of carbonyl (C=O) groups is 1. The molecule has 9 heteroatoms. The van der Waals surface area contributed by atoms with Crippen molar-refractivity contribution < 1.29 is 14.3 Å². The minimum absolute atomic E-state index is 0.00741. The van der Waals surface area contributed by atoms with Crippen molar-refractivity contribution >= 4 is 45.4 Å². The van der Waals surface area contributed by atoms with Crippen LogP contribution in [0.4, 0.5) is 0 Å². The molecule has 0 amide bonds. The van der Waals surface area contributed by atoms with E-state index in [2.05, 4.69) is 10.2 Å². The zero-order valence-corrected chi connectivity index (χ0v) is 17.4. The molecule has 2 aromatic carbocycles. The minimum atomic E-state index is -0.00741. The first-order chi connectivity index (χ1) is 14.2. The van der Waals surface area contributed by atoms with Crippen LogP contribution < -0.4 is 9.47 Å². The lowest BCUT2D eigenvalue weighted by atomic mass is 10.1. The maximum atomic E-state index is 12.7. The molecule has 0 N–H and O–H groups in total. The molecular weight excluding hydrogens is 430 g/mol. The zero-order chi connectivity index (χ0) is 19.8. The van der Waals surface area contributed by atoms with Crippen molar-refractivity contribution in [2.45, 2.75) is 5.16 Å². The summed E-state index contributed by atoms with van der Waals surface area (Å²) in [4.78, 5) is 13.5. The molecule has 2 aromatic heterocycles. The van der Waals surface area contributed by atoms with Crippen molar-refractivity contribution in [1.29, 1.82) is 0 Å². The van der Waals surface area contributed by atoms with Crippen molar-refractivity contribution in [3.05, 3.63) is 58.4 Å². The molecule has 0 unspecified atom stereocenters. The van der Waals surface area contributed by atoms with Gasteiger partial charge in [0.05, 0.1) is 11.4 Å². The minimum Gasteiger partial charge on any atom is -0.486 e. The average Bonchev–Trinajstić information content (AvgIpc) is 3.35. The van der Waals surface area contributed by atoms with Crippen LogP contribution in [0.15, 0.2) is 53.0 Å². The van der Waals surface area contributed by atoms with Crippen molar-refractivity contribution in [2.75, 3.05) is 19.0 Å². The number of thioether (sulfide) groups is 1. The normalized spacial score (nSPS) is 13.0. The van der Waals surface area contributed by atoms with Crippen LogP contribution in [0.25, 0.3) is 16.2 Å². The Kier molecular flexibility index (Phi) is 4.91. The molecule has 1 aliphatic heterocycles. The Morgan fingerprint density at radius 1 is 1.10 bits per heavy atom. The van der Waals surface area contributed by atoms with Gasteiger partial charge in [-0.05, 0) is 35.9 Å². The van der Waals surface area contributed by atoms with E-state index in [9.17, 15) is 4.79 Å². The van der Waals surface area contributed by atoms with E-state index in [-0.39, 0.29) is 11.5 Å². The Bertz CT molecular complexity index is 1200. The first kappa shape index (κ1) is 18.5. The Hall–Kier alpha value is -2.55. The summed E-state index contributed by atoms with van der Waals surface area (Å²) in [6.07, 6.45) is 0. The molecule has 0 saturated carbocycles. The standard InChI is InChI=1S/C20H14ClN3O3S2/c21-14-4-1-12(2-5-14)15-10-28-19-22-23-20(24(15)19)29-11-16(25)13-3-6-17-18(9-13)27-8-7-26-17/h1-6,9-10H,7-8,11H2. The second-order valence-corrected chi connectivity index (χ2v) is 8.51. The van der Waals surface area contributed by atoms with E-state index in [1.807, 2.05) is 34.0 Å². The second kappa shape index (κ2) is 7.70. The number of thiazole rings is 1. The van der Waals surface area contributed by atoms with E-state index in [4.69, 9.17) is 21.1 Å². The van der Waals surface area contributed by atoms with Gasteiger partial charge in [0, 0.05) is 16.0 Å². The van der Waals surface area contributed by atoms with E-state index in [1.165, 1.54) is 23.1 Å². The Balaban J connectivity index is 1.38. The third-order valence-corrected chi connectivity index (χ3v) is 6.45. The molecule has 29 heavy (non-hydrogen) atoms. The number of fused-ring (bicyclic) bond motifs is 2. The van der Waals surface area contributed by atoms with Gasteiger partial charge in [-0.15, -0.1) is 21.5 Å². The molecule has 4 aromatic rings. The second-order valence-electron chi connectivity index (χ2n) is 6.30. The molecule has 0 atom stereocenters. The fraction of sp³-hybridized carbons (Fsp3) is 0.150. The lowest BCUT2D eigenvalue weighted by molar-refractivity contribution is 0.102. The number of carbonyl (C=O) groups excluding carboxylic acids is 1. The van der Waals surface area contributed by atoms with Crippen LogP contribution in [0.1, 0.15) is 10.4 Å². The lowest BCUT2D eigenvalue weighted by Gasteiger charge is -2.18. The Morgan fingerprint density at radius 2 is 1.90 bits per heavy atom. The zero-order valence-electron chi connectivity index (χ0n) is 15.0. The number of rotatable bonds is 5. The molecule has 6 nitrogen and oxygen atoms in total. The van der Waals surface area contributed by atoms with Crippen LogP contribution >= 0.6 is 34.7 Å². The van der Waals surface area contributed by atoms with Crippen molar-refractivity contribution in [2.24, 2.45) is 0 Å².